The largest absolute Gasteiger partial charge is 0.486 e. The van der Waals surface area contributed by atoms with Crippen molar-refractivity contribution in [1.82, 2.24) is 10.2 Å². The molecule has 0 aliphatic carbocycles. The Morgan fingerprint density at radius 1 is 1.15 bits per heavy atom. The molecule has 1 aromatic heterocycles. The average molecular weight is 389 g/mol. The number of aromatic nitrogens is 2. The molecule has 134 valence electrons. The highest BCUT2D eigenvalue weighted by Crippen LogP contribution is 2.22. The van der Waals surface area contributed by atoms with Crippen LogP contribution in [0.15, 0.2) is 42.5 Å². The molecule has 0 saturated carbocycles. The van der Waals surface area contributed by atoms with Crippen LogP contribution in [-0.2, 0) is 6.61 Å². The average Bonchev–Trinajstić information content (AvgIpc) is 3.01. The number of halogens is 1. The minimum atomic E-state index is -0.412. The molecule has 0 saturated heterocycles. The molecule has 2 N–H and O–H groups in total. The highest BCUT2D eigenvalue weighted by Gasteiger charge is 2.10. The summed E-state index contributed by atoms with van der Waals surface area (Å²) in [7, 11) is 0. The van der Waals surface area contributed by atoms with Crippen LogP contribution in [0.25, 0.3) is 0 Å². The highest BCUT2D eigenvalue weighted by molar-refractivity contribution is 7.15. The van der Waals surface area contributed by atoms with E-state index in [-0.39, 0.29) is 0 Å². The van der Waals surface area contributed by atoms with Crippen LogP contribution in [0.4, 0.5) is 15.6 Å². The number of nitrogens with one attached hydrogen (secondary N) is 2. The quantitative estimate of drug-likeness (QED) is 0.642. The Hall–Kier alpha value is -2.64. The number of nitrogens with zero attached hydrogens (tertiary/aromatic N) is 2. The van der Waals surface area contributed by atoms with E-state index in [2.05, 4.69) is 26.9 Å². The molecule has 26 heavy (non-hydrogen) atoms. The van der Waals surface area contributed by atoms with Gasteiger partial charge in [0.05, 0.1) is 0 Å². The van der Waals surface area contributed by atoms with E-state index in [0.717, 1.165) is 11.3 Å². The van der Waals surface area contributed by atoms with Gasteiger partial charge in [0, 0.05) is 10.7 Å². The standard InChI is InChI=1S/C18H17ClN4O2S/c1-11-6-7-15(12(2)8-11)25-10-16-22-23-18(26-16)21-17(24)20-14-5-3-4-13(19)9-14/h3-9H,10H2,1-2H3,(H2,20,21,23,24). The minimum absolute atomic E-state index is 0.291. The van der Waals surface area contributed by atoms with Crippen LogP contribution in [0.3, 0.4) is 0 Å². The topological polar surface area (TPSA) is 76.1 Å². The van der Waals surface area contributed by atoms with E-state index in [1.165, 1.54) is 16.9 Å². The second-order valence-electron chi connectivity index (χ2n) is 5.65. The van der Waals surface area contributed by atoms with Gasteiger partial charge in [0.25, 0.3) is 0 Å². The molecule has 0 aliphatic rings. The van der Waals surface area contributed by atoms with Gasteiger partial charge < -0.3 is 10.1 Å². The van der Waals surface area contributed by atoms with Crippen molar-refractivity contribution < 1.29 is 9.53 Å². The summed E-state index contributed by atoms with van der Waals surface area (Å²) >= 11 is 7.15. The number of anilines is 2. The lowest BCUT2D eigenvalue weighted by Crippen LogP contribution is -2.19. The summed E-state index contributed by atoms with van der Waals surface area (Å²) in [5, 5.41) is 14.9. The molecule has 0 atom stereocenters. The lowest BCUT2D eigenvalue weighted by Gasteiger charge is -2.07. The Morgan fingerprint density at radius 3 is 2.77 bits per heavy atom. The summed E-state index contributed by atoms with van der Waals surface area (Å²) in [6.07, 6.45) is 0. The number of carbonyl (C=O) groups excluding carboxylic acids is 1. The van der Waals surface area contributed by atoms with Gasteiger partial charge in [-0.1, -0.05) is 46.7 Å². The maximum absolute atomic E-state index is 12.0. The van der Waals surface area contributed by atoms with Crippen molar-refractivity contribution >= 4 is 39.8 Å². The molecular formula is C18H17ClN4O2S. The minimum Gasteiger partial charge on any atom is -0.486 e. The van der Waals surface area contributed by atoms with Crippen molar-refractivity contribution in [2.24, 2.45) is 0 Å². The molecular weight excluding hydrogens is 372 g/mol. The highest BCUT2D eigenvalue weighted by atomic mass is 35.5. The van der Waals surface area contributed by atoms with Gasteiger partial charge in [-0.3, -0.25) is 5.32 Å². The first-order valence-corrected chi connectivity index (χ1v) is 9.05. The summed E-state index contributed by atoms with van der Waals surface area (Å²) in [6, 6.07) is 12.5. The first-order valence-electron chi connectivity index (χ1n) is 7.85. The molecule has 0 bridgehead atoms. The Kier molecular flexibility index (Phi) is 5.70. The first-order chi connectivity index (χ1) is 12.5. The van der Waals surface area contributed by atoms with Crippen LogP contribution in [0.1, 0.15) is 16.1 Å². The van der Waals surface area contributed by atoms with Crippen LogP contribution in [0.5, 0.6) is 5.75 Å². The molecule has 0 spiro atoms. The normalized spacial score (nSPS) is 10.4. The SMILES string of the molecule is Cc1ccc(OCc2nnc(NC(=O)Nc3cccc(Cl)c3)s2)c(C)c1. The van der Waals surface area contributed by atoms with Crippen molar-refractivity contribution in [2.45, 2.75) is 20.5 Å². The number of hydrogen-bond acceptors (Lipinski definition) is 5. The zero-order chi connectivity index (χ0) is 18.5. The number of carbonyl (C=O) groups is 1. The number of aryl methyl sites for hydroxylation is 2. The Bertz CT molecular complexity index is 929. The third kappa shape index (κ3) is 4.93. The van der Waals surface area contributed by atoms with Crippen LogP contribution >= 0.6 is 22.9 Å². The second kappa shape index (κ2) is 8.16. The molecule has 2 amide bonds. The van der Waals surface area contributed by atoms with Crippen molar-refractivity contribution in [3.63, 3.8) is 0 Å². The lowest BCUT2D eigenvalue weighted by molar-refractivity contribution is 0.262. The number of hydrogen-bond donors (Lipinski definition) is 2. The van der Waals surface area contributed by atoms with E-state index < -0.39 is 6.03 Å². The maximum Gasteiger partial charge on any atom is 0.325 e. The van der Waals surface area contributed by atoms with Crippen molar-refractivity contribution in [1.29, 1.82) is 0 Å². The van der Waals surface area contributed by atoms with Crippen molar-refractivity contribution in [3.05, 3.63) is 63.6 Å². The predicted octanol–water partition coefficient (Wildman–Crippen LogP) is 5.03. The number of ether oxygens (including phenoxy) is 1. The fourth-order valence-corrected chi connectivity index (χ4v) is 3.13. The monoisotopic (exact) mass is 388 g/mol. The van der Waals surface area contributed by atoms with Gasteiger partial charge in [-0.25, -0.2) is 4.79 Å². The number of benzene rings is 2. The fraction of sp³-hybridized carbons (Fsp3) is 0.167. The maximum atomic E-state index is 12.0. The van der Waals surface area contributed by atoms with E-state index in [1.54, 1.807) is 24.3 Å². The Balaban J connectivity index is 1.55. The fourth-order valence-electron chi connectivity index (χ4n) is 2.29. The number of urea groups is 1. The number of amides is 2. The van der Waals surface area contributed by atoms with E-state index in [9.17, 15) is 4.79 Å². The molecule has 0 unspecified atom stereocenters. The molecule has 0 fully saturated rings. The smallest absolute Gasteiger partial charge is 0.325 e. The van der Waals surface area contributed by atoms with Gasteiger partial charge in [-0.05, 0) is 43.7 Å². The van der Waals surface area contributed by atoms with Crippen LogP contribution in [0.2, 0.25) is 5.02 Å². The van der Waals surface area contributed by atoms with Crippen LogP contribution < -0.4 is 15.4 Å². The zero-order valence-corrected chi connectivity index (χ0v) is 15.8. The van der Waals surface area contributed by atoms with Gasteiger partial charge >= 0.3 is 6.03 Å². The van der Waals surface area contributed by atoms with Gasteiger partial charge in [0.15, 0.2) is 5.01 Å². The first kappa shape index (κ1) is 18.2. The van der Waals surface area contributed by atoms with E-state index in [4.69, 9.17) is 16.3 Å². The third-order valence-corrected chi connectivity index (χ3v) is 4.50. The molecule has 6 nitrogen and oxygen atoms in total. The molecule has 0 radical (unpaired) electrons. The Labute approximate surface area is 160 Å². The molecule has 1 heterocycles. The Morgan fingerprint density at radius 2 is 2.00 bits per heavy atom. The lowest BCUT2D eigenvalue weighted by atomic mass is 10.1. The summed E-state index contributed by atoms with van der Waals surface area (Å²) in [5.41, 5.74) is 2.84. The third-order valence-electron chi connectivity index (χ3n) is 3.45. The van der Waals surface area contributed by atoms with E-state index in [0.29, 0.717) is 27.5 Å². The predicted molar refractivity (Wildman–Crippen MR) is 104 cm³/mol. The second-order valence-corrected chi connectivity index (χ2v) is 7.15. The van der Waals surface area contributed by atoms with Crippen molar-refractivity contribution in [2.75, 3.05) is 10.6 Å². The molecule has 8 heteroatoms. The zero-order valence-electron chi connectivity index (χ0n) is 14.2. The summed E-state index contributed by atoms with van der Waals surface area (Å²) in [5.74, 6) is 0.805. The number of rotatable bonds is 5. The summed E-state index contributed by atoms with van der Waals surface area (Å²) in [6.45, 7) is 4.32. The molecule has 0 aliphatic heterocycles. The van der Waals surface area contributed by atoms with Crippen LogP contribution in [-0.4, -0.2) is 16.2 Å². The van der Waals surface area contributed by atoms with E-state index >= 15 is 0 Å². The van der Waals surface area contributed by atoms with Gasteiger partial charge in [0.2, 0.25) is 5.13 Å². The molecule has 3 rings (SSSR count). The molecule has 3 aromatic rings. The van der Waals surface area contributed by atoms with Crippen LogP contribution in [0, 0.1) is 13.8 Å². The van der Waals surface area contributed by atoms with Gasteiger partial charge in [-0.15, -0.1) is 10.2 Å². The van der Waals surface area contributed by atoms with Gasteiger partial charge in [-0.2, -0.15) is 0 Å². The molecule has 2 aromatic carbocycles. The van der Waals surface area contributed by atoms with Crippen molar-refractivity contribution in [3.8, 4) is 5.75 Å². The van der Waals surface area contributed by atoms with Gasteiger partial charge in [0.1, 0.15) is 12.4 Å². The summed E-state index contributed by atoms with van der Waals surface area (Å²) < 4.78 is 5.77. The summed E-state index contributed by atoms with van der Waals surface area (Å²) in [4.78, 5) is 12.0. The van der Waals surface area contributed by atoms with E-state index in [1.807, 2.05) is 26.0 Å².